The van der Waals surface area contributed by atoms with Crippen molar-refractivity contribution in [2.45, 2.75) is 19.8 Å². The lowest BCUT2D eigenvalue weighted by Gasteiger charge is -2.32. The highest BCUT2D eigenvalue weighted by Crippen LogP contribution is 2.21. The first-order chi connectivity index (χ1) is 11.7. The van der Waals surface area contributed by atoms with Crippen LogP contribution in [0.1, 0.15) is 18.4 Å². The maximum Gasteiger partial charge on any atom is 0.308 e. The Balaban J connectivity index is 2.07. The SMILES string of the molecule is COC(=O)C1CCN(C(=O)CN(c2cccc(C)c2)S(C)(=O)=O)CC1. The number of aryl methyl sites for hydroxylation is 1. The lowest BCUT2D eigenvalue weighted by Crippen LogP contribution is -2.46. The molecule has 1 heterocycles. The van der Waals surface area contributed by atoms with Crippen molar-refractivity contribution in [3.05, 3.63) is 29.8 Å². The van der Waals surface area contributed by atoms with Crippen LogP contribution in [-0.4, -0.2) is 58.2 Å². The summed E-state index contributed by atoms with van der Waals surface area (Å²) >= 11 is 0. The molecule has 1 amide bonds. The van der Waals surface area contributed by atoms with Gasteiger partial charge in [0.1, 0.15) is 6.54 Å². The van der Waals surface area contributed by atoms with Gasteiger partial charge in [-0.1, -0.05) is 12.1 Å². The molecule has 25 heavy (non-hydrogen) atoms. The van der Waals surface area contributed by atoms with E-state index in [4.69, 9.17) is 4.74 Å². The van der Waals surface area contributed by atoms with E-state index in [0.29, 0.717) is 31.6 Å². The van der Waals surface area contributed by atoms with Gasteiger partial charge in [0.05, 0.1) is 25.0 Å². The number of esters is 1. The number of rotatable bonds is 5. The third kappa shape index (κ3) is 4.94. The monoisotopic (exact) mass is 368 g/mol. The number of sulfonamides is 1. The molecule has 1 fully saturated rings. The molecule has 1 saturated heterocycles. The number of piperidine rings is 1. The van der Waals surface area contributed by atoms with Crippen LogP contribution in [0.3, 0.4) is 0 Å². The molecule has 1 aliphatic heterocycles. The average molecular weight is 368 g/mol. The lowest BCUT2D eigenvalue weighted by molar-refractivity contribution is -0.148. The summed E-state index contributed by atoms with van der Waals surface area (Å²) in [7, 11) is -2.23. The van der Waals surface area contributed by atoms with Gasteiger partial charge in [0, 0.05) is 13.1 Å². The second kappa shape index (κ2) is 7.86. The molecule has 0 unspecified atom stereocenters. The van der Waals surface area contributed by atoms with E-state index in [2.05, 4.69) is 0 Å². The highest BCUT2D eigenvalue weighted by molar-refractivity contribution is 7.92. The van der Waals surface area contributed by atoms with E-state index in [1.54, 1.807) is 23.1 Å². The summed E-state index contributed by atoms with van der Waals surface area (Å²) in [6, 6.07) is 7.03. The zero-order chi connectivity index (χ0) is 18.6. The molecule has 138 valence electrons. The van der Waals surface area contributed by atoms with Crippen LogP contribution in [0, 0.1) is 12.8 Å². The van der Waals surface area contributed by atoms with Crippen molar-refractivity contribution in [2.75, 3.05) is 37.3 Å². The first kappa shape index (κ1) is 19.2. The summed E-state index contributed by atoms with van der Waals surface area (Å²) in [6.07, 6.45) is 2.15. The summed E-state index contributed by atoms with van der Waals surface area (Å²) in [5.41, 5.74) is 1.39. The van der Waals surface area contributed by atoms with Gasteiger partial charge in [0.25, 0.3) is 0 Å². The van der Waals surface area contributed by atoms with Crippen molar-refractivity contribution in [1.29, 1.82) is 0 Å². The number of hydrogen-bond donors (Lipinski definition) is 0. The Hall–Kier alpha value is -2.09. The van der Waals surface area contributed by atoms with E-state index >= 15 is 0 Å². The van der Waals surface area contributed by atoms with Gasteiger partial charge in [0.15, 0.2) is 0 Å². The maximum absolute atomic E-state index is 12.6. The summed E-state index contributed by atoms with van der Waals surface area (Å²) in [5.74, 6) is -0.725. The number of ether oxygens (including phenoxy) is 1. The van der Waals surface area contributed by atoms with Gasteiger partial charge in [-0.25, -0.2) is 8.42 Å². The van der Waals surface area contributed by atoms with Crippen LogP contribution >= 0.6 is 0 Å². The van der Waals surface area contributed by atoms with Crippen molar-refractivity contribution in [3.63, 3.8) is 0 Å². The van der Waals surface area contributed by atoms with E-state index in [9.17, 15) is 18.0 Å². The van der Waals surface area contributed by atoms with Crippen molar-refractivity contribution < 1.29 is 22.7 Å². The Morgan fingerprint density at radius 2 is 1.92 bits per heavy atom. The number of benzene rings is 1. The van der Waals surface area contributed by atoms with Crippen LogP contribution < -0.4 is 4.31 Å². The zero-order valence-electron chi connectivity index (χ0n) is 14.8. The number of likely N-dealkylation sites (tertiary alicyclic amines) is 1. The smallest absolute Gasteiger partial charge is 0.308 e. The molecular formula is C17H24N2O5S. The fourth-order valence-electron chi connectivity index (χ4n) is 2.94. The molecule has 0 saturated carbocycles. The fourth-order valence-corrected chi connectivity index (χ4v) is 3.78. The molecule has 0 atom stereocenters. The first-order valence-corrected chi connectivity index (χ1v) is 9.97. The van der Waals surface area contributed by atoms with E-state index in [1.807, 2.05) is 13.0 Å². The summed E-state index contributed by atoms with van der Waals surface area (Å²) in [5, 5.41) is 0. The molecule has 0 aliphatic carbocycles. The second-order valence-corrected chi connectivity index (χ2v) is 8.19. The van der Waals surface area contributed by atoms with Crippen LogP contribution in [0.2, 0.25) is 0 Å². The van der Waals surface area contributed by atoms with Crippen LogP contribution in [0.5, 0.6) is 0 Å². The molecule has 0 aromatic heterocycles. The Kier molecular flexibility index (Phi) is 6.05. The van der Waals surface area contributed by atoms with E-state index in [1.165, 1.54) is 7.11 Å². The van der Waals surface area contributed by atoms with E-state index in [-0.39, 0.29) is 24.3 Å². The Bertz CT molecular complexity index is 739. The number of anilines is 1. The van der Waals surface area contributed by atoms with Crippen molar-refractivity contribution >= 4 is 27.6 Å². The molecule has 0 spiro atoms. The number of amides is 1. The van der Waals surface area contributed by atoms with Gasteiger partial charge in [-0.2, -0.15) is 0 Å². The number of nitrogens with zero attached hydrogens (tertiary/aromatic N) is 2. The molecule has 8 heteroatoms. The van der Waals surface area contributed by atoms with Gasteiger partial charge in [-0.05, 0) is 37.5 Å². The molecule has 1 aromatic rings. The van der Waals surface area contributed by atoms with Crippen LogP contribution in [0.15, 0.2) is 24.3 Å². The Morgan fingerprint density at radius 3 is 2.44 bits per heavy atom. The van der Waals surface area contributed by atoms with E-state index in [0.717, 1.165) is 16.1 Å². The van der Waals surface area contributed by atoms with Crippen molar-refractivity contribution in [3.8, 4) is 0 Å². The number of methoxy groups -OCH3 is 1. The number of carbonyl (C=O) groups is 2. The van der Waals surface area contributed by atoms with Gasteiger partial charge >= 0.3 is 5.97 Å². The molecule has 0 bridgehead atoms. The standard InChI is InChI=1S/C17H24N2O5S/c1-13-5-4-6-15(11-13)19(25(3,22)23)12-16(20)18-9-7-14(8-10-18)17(21)24-2/h4-6,11,14H,7-10,12H2,1-3H3. The largest absolute Gasteiger partial charge is 0.469 e. The Labute approximate surface area is 148 Å². The van der Waals surface area contributed by atoms with E-state index < -0.39 is 10.0 Å². The minimum atomic E-state index is -3.58. The summed E-state index contributed by atoms with van der Waals surface area (Å²) in [4.78, 5) is 25.7. The summed E-state index contributed by atoms with van der Waals surface area (Å²) in [6.45, 7) is 2.46. The third-order valence-electron chi connectivity index (χ3n) is 4.35. The third-order valence-corrected chi connectivity index (χ3v) is 5.49. The van der Waals surface area contributed by atoms with Gasteiger partial charge in [0.2, 0.25) is 15.9 Å². The highest BCUT2D eigenvalue weighted by Gasteiger charge is 2.30. The molecule has 0 radical (unpaired) electrons. The zero-order valence-corrected chi connectivity index (χ0v) is 15.6. The van der Waals surface area contributed by atoms with Crippen molar-refractivity contribution in [1.82, 2.24) is 4.90 Å². The molecule has 0 N–H and O–H groups in total. The van der Waals surface area contributed by atoms with Crippen LogP contribution in [0.4, 0.5) is 5.69 Å². The van der Waals surface area contributed by atoms with Gasteiger partial charge < -0.3 is 9.64 Å². The van der Waals surface area contributed by atoms with Gasteiger partial charge in [-0.3, -0.25) is 13.9 Å². The number of carbonyl (C=O) groups excluding carboxylic acids is 2. The molecule has 1 aliphatic rings. The van der Waals surface area contributed by atoms with Crippen LogP contribution in [0.25, 0.3) is 0 Å². The normalized spacial score (nSPS) is 15.7. The maximum atomic E-state index is 12.6. The summed E-state index contributed by atoms with van der Waals surface area (Å²) < 4.78 is 30.1. The lowest BCUT2D eigenvalue weighted by atomic mass is 9.97. The molecule has 7 nitrogen and oxygen atoms in total. The predicted octanol–water partition coefficient (Wildman–Crippen LogP) is 1.17. The molecular weight excluding hydrogens is 344 g/mol. The minimum Gasteiger partial charge on any atom is -0.469 e. The Morgan fingerprint density at radius 1 is 1.28 bits per heavy atom. The van der Waals surface area contributed by atoms with Crippen molar-refractivity contribution in [2.24, 2.45) is 5.92 Å². The highest BCUT2D eigenvalue weighted by atomic mass is 32.2. The molecule has 1 aromatic carbocycles. The second-order valence-electron chi connectivity index (χ2n) is 6.29. The molecule has 2 rings (SSSR count). The predicted molar refractivity (Wildman–Crippen MR) is 94.7 cm³/mol. The topological polar surface area (TPSA) is 84.0 Å². The first-order valence-electron chi connectivity index (χ1n) is 8.12. The number of hydrogen-bond acceptors (Lipinski definition) is 5. The van der Waals surface area contributed by atoms with Crippen LogP contribution in [-0.2, 0) is 24.3 Å². The van der Waals surface area contributed by atoms with Gasteiger partial charge in [-0.15, -0.1) is 0 Å². The fraction of sp³-hybridized carbons (Fsp3) is 0.529. The quantitative estimate of drug-likeness (QED) is 0.729. The average Bonchev–Trinajstić information content (AvgIpc) is 2.57. The minimum absolute atomic E-state index is 0.197.